The molecule has 4 heteroatoms. The highest BCUT2D eigenvalue weighted by atomic mass is 16.4. The lowest BCUT2D eigenvalue weighted by atomic mass is 9.85. The molecule has 0 radical (unpaired) electrons. The second-order valence-electron chi connectivity index (χ2n) is 4.24. The zero-order valence-corrected chi connectivity index (χ0v) is 9.88. The van der Waals surface area contributed by atoms with Gasteiger partial charge in [0.15, 0.2) is 0 Å². The molecule has 0 aromatic heterocycles. The Labute approximate surface area is 99.9 Å². The van der Waals surface area contributed by atoms with Gasteiger partial charge in [0.25, 0.3) is 0 Å². The van der Waals surface area contributed by atoms with Crippen molar-refractivity contribution in [1.29, 1.82) is 0 Å². The number of carboxylic acid groups (broad SMARTS) is 2. The van der Waals surface area contributed by atoms with E-state index in [1.165, 1.54) is 0 Å². The first-order valence-corrected chi connectivity index (χ1v) is 5.43. The van der Waals surface area contributed by atoms with Crippen LogP contribution in [0, 0.1) is 12.8 Å². The fourth-order valence-electron chi connectivity index (χ4n) is 1.77. The second kappa shape index (κ2) is 5.48. The van der Waals surface area contributed by atoms with E-state index in [2.05, 4.69) is 0 Å². The highest BCUT2D eigenvalue weighted by Gasteiger charge is 2.28. The van der Waals surface area contributed by atoms with Crippen LogP contribution in [0.15, 0.2) is 24.3 Å². The molecule has 0 heterocycles. The average molecular weight is 236 g/mol. The Kier molecular flexibility index (Phi) is 4.26. The molecular formula is C13H16O4. The third kappa shape index (κ3) is 3.59. The van der Waals surface area contributed by atoms with Crippen LogP contribution in [0.1, 0.15) is 30.4 Å². The van der Waals surface area contributed by atoms with Crippen LogP contribution in [-0.2, 0) is 9.59 Å². The molecule has 2 unspecified atom stereocenters. The summed E-state index contributed by atoms with van der Waals surface area (Å²) in [4.78, 5) is 21.7. The molecule has 2 N–H and O–H groups in total. The minimum absolute atomic E-state index is 0.316. The van der Waals surface area contributed by atoms with Crippen molar-refractivity contribution in [3.05, 3.63) is 35.4 Å². The fourth-order valence-corrected chi connectivity index (χ4v) is 1.77. The number of hydrogen-bond acceptors (Lipinski definition) is 2. The zero-order valence-electron chi connectivity index (χ0n) is 9.88. The Morgan fingerprint density at radius 1 is 1.18 bits per heavy atom. The second-order valence-corrected chi connectivity index (χ2v) is 4.24. The normalized spacial score (nSPS) is 14.0. The van der Waals surface area contributed by atoms with Crippen molar-refractivity contribution in [2.24, 2.45) is 5.92 Å². The summed E-state index contributed by atoms with van der Waals surface area (Å²) in [5.41, 5.74) is 1.94. The Morgan fingerprint density at radius 2 is 1.71 bits per heavy atom. The Bertz CT molecular complexity index is 408. The van der Waals surface area contributed by atoms with Gasteiger partial charge in [0, 0.05) is 0 Å². The maximum atomic E-state index is 11.1. The molecule has 0 aliphatic rings. The van der Waals surface area contributed by atoms with Crippen molar-refractivity contribution in [2.45, 2.75) is 26.2 Å². The molecule has 0 aliphatic carbocycles. The van der Waals surface area contributed by atoms with E-state index < -0.39 is 17.9 Å². The van der Waals surface area contributed by atoms with E-state index in [1.54, 1.807) is 6.92 Å². The van der Waals surface area contributed by atoms with Crippen molar-refractivity contribution >= 4 is 11.9 Å². The molecule has 1 aromatic carbocycles. The summed E-state index contributed by atoms with van der Waals surface area (Å²) in [5.74, 6) is -3.36. The summed E-state index contributed by atoms with van der Waals surface area (Å²) in [6.45, 7) is 3.69. The van der Waals surface area contributed by atoms with Gasteiger partial charge in [-0.05, 0) is 18.4 Å². The minimum atomic E-state index is -1.09. The van der Waals surface area contributed by atoms with Crippen molar-refractivity contribution < 1.29 is 19.8 Å². The molecule has 0 saturated carbocycles. The number of hydrogen-bond donors (Lipinski definition) is 2. The van der Waals surface area contributed by atoms with E-state index in [9.17, 15) is 9.59 Å². The maximum Gasteiger partial charge on any atom is 0.307 e. The number of rotatable bonds is 5. The SMILES string of the molecule is Cc1ccc(C(C)C(CC(=O)O)C(=O)O)cc1. The first-order valence-electron chi connectivity index (χ1n) is 5.43. The molecule has 92 valence electrons. The highest BCUT2D eigenvalue weighted by molar-refractivity contribution is 5.78. The van der Waals surface area contributed by atoms with Gasteiger partial charge in [-0.15, -0.1) is 0 Å². The van der Waals surface area contributed by atoms with Gasteiger partial charge < -0.3 is 10.2 Å². The van der Waals surface area contributed by atoms with E-state index in [0.29, 0.717) is 0 Å². The Balaban J connectivity index is 2.91. The van der Waals surface area contributed by atoms with Crippen LogP contribution in [0.3, 0.4) is 0 Å². The summed E-state index contributed by atoms with van der Waals surface area (Å²) in [5, 5.41) is 17.8. The molecule has 0 aliphatic heterocycles. The molecule has 17 heavy (non-hydrogen) atoms. The maximum absolute atomic E-state index is 11.1. The molecular weight excluding hydrogens is 220 g/mol. The van der Waals surface area contributed by atoms with Gasteiger partial charge >= 0.3 is 11.9 Å². The molecule has 0 spiro atoms. The number of aliphatic carboxylic acids is 2. The van der Waals surface area contributed by atoms with Crippen LogP contribution in [0.2, 0.25) is 0 Å². The fraction of sp³-hybridized carbons (Fsp3) is 0.385. The van der Waals surface area contributed by atoms with Crippen LogP contribution >= 0.6 is 0 Å². The molecule has 0 saturated heterocycles. The first kappa shape index (κ1) is 13.2. The quantitative estimate of drug-likeness (QED) is 0.822. The number of benzene rings is 1. The highest BCUT2D eigenvalue weighted by Crippen LogP contribution is 2.27. The monoisotopic (exact) mass is 236 g/mol. The largest absolute Gasteiger partial charge is 0.481 e. The number of carbonyl (C=O) groups is 2. The van der Waals surface area contributed by atoms with E-state index in [4.69, 9.17) is 10.2 Å². The lowest BCUT2D eigenvalue weighted by molar-refractivity contribution is -0.149. The lowest BCUT2D eigenvalue weighted by Gasteiger charge is -2.19. The van der Waals surface area contributed by atoms with Crippen LogP contribution in [0.4, 0.5) is 0 Å². The topological polar surface area (TPSA) is 74.6 Å². The van der Waals surface area contributed by atoms with Crippen molar-refractivity contribution in [3.63, 3.8) is 0 Å². The lowest BCUT2D eigenvalue weighted by Crippen LogP contribution is -2.23. The minimum Gasteiger partial charge on any atom is -0.481 e. The zero-order chi connectivity index (χ0) is 13.0. The predicted octanol–water partition coefficient (Wildman–Crippen LogP) is 2.27. The Morgan fingerprint density at radius 3 is 2.12 bits per heavy atom. The number of aryl methyl sites for hydroxylation is 1. The van der Waals surface area contributed by atoms with Crippen LogP contribution in [0.25, 0.3) is 0 Å². The first-order chi connectivity index (χ1) is 7.91. The number of carboxylic acids is 2. The smallest absolute Gasteiger partial charge is 0.307 e. The van der Waals surface area contributed by atoms with E-state index in [-0.39, 0.29) is 12.3 Å². The Hall–Kier alpha value is -1.84. The van der Waals surface area contributed by atoms with Gasteiger partial charge in [-0.2, -0.15) is 0 Å². The van der Waals surface area contributed by atoms with Gasteiger partial charge in [0.2, 0.25) is 0 Å². The molecule has 0 bridgehead atoms. The third-order valence-corrected chi connectivity index (χ3v) is 2.92. The molecule has 0 fully saturated rings. The van der Waals surface area contributed by atoms with Gasteiger partial charge in [-0.3, -0.25) is 9.59 Å². The molecule has 4 nitrogen and oxygen atoms in total. The summed E-state index contributed by atoms with van der Waals surface area (Å²) in [7, 11) is 0. The van der Waals surface area contributed by atoms with Crippen molar-refractivity contribution in [2.75, 3.05) is 0 Å². The van der Waals surface area contributed by atoms with E-state index >= 15 is 0 Å². The van der Waals surface area contributed by atoms with Gasteiger partial charge in [-0.25, -0.2) is 0 Å². The van der Waals surface area contributed by atoms with Crippen LogP contribution < -0.4 is 0 Å². The van der Waals surface area contributed by atoms with Gasteiger partial charge in [0.1, 0.15) is 0 Å². The standard InChI is InChI=1S/C13H16O4/c1-8-3-5-10(6-4-8)9(2)11(13(16)17)7-12(14)15/h3-6,9,11H,7H2,1-2H3,(H,14,15)(H,16,17). The molecule has 1 aromatic rings. The third-order valence-electron chi connectivity index (χ3n) is 2.92. The average Bonchev–Trinajstić information content (AvgIpc) is 2.25. The summed E-state index contributed by atoms with van der Waals surface area (Å²) < 4.78 is 0. The van der Waals surface area contributed by atoms with E-state index in [0.717, 1.165) is 11.1 Å². The summed E-state index contributed by atoms with van der Waals surface area (Å²) >= 11 is 0. The molecule has 2 atom stereocenters. The van der Waals surface area contributed by atoms with E-state index in [1.807, 2.05) is 31.2 Å². The molecule has 1 rings (SSSR count). The van der Waals surface area contributed by atoms with Crippen molar-refractivity contribution in [1.82, 2.24) is 0 Å². The summed E-state index contributed by atoms with van der Waals surface area (Å²) in [6.07, 6.45) is -0.357. The van der Waals surface area contributed by atoms with Crippen molar-refractivity contribution in [3.8, 4) is 0 Å². The predicted molar refractivity (Wildman–Crippen MR) is 63.0 cm³/mol. The molecule has 0 amide bonds. The van der Waals surface area contributed by atoms with Gasteiger partial charge in [-0.1, -0.05) is 36.8 Å². The van der Waals surface area contributed by atoms with Crippen LogP contribution in [0.5, 0.6) is 0 Å². The van der Waals surface area contributed by atoms with Gasteiger partial charge in [0.05, 0.1) is 12.3 Å². The summed E-state index contributed by atoms with van der Waals surface area (Å²) in [6, 6.07) is 7.48. The van der Waals surface area contributed by atoms with Crippen LogP contribution in [-0.4, -0.2) is 22.2 Å².